The van der Waals surface area contributed by atoms with Gasteiger partial charge < -0.3 is 5.11 Å². The Labute approximate surface area is 161 Å². The first kappa shape index (κ1) is 17.2. The van der Waals surface area contributed by atoms with Crippen molar-refractivity contribution in [2.24, 2.45) is 0 Å². The molecule has 1 N–H and O–H groups in total. The number of hydrogen-bond acceptors (Lipinski definition) is 4. The molecule has 0 saturated carbocycles. The summed E-state index contributed by atoms with van der Waals surface area (Å²) < 4.78 is 1.62. The number of benzene rings is 2. The summed E-state index contributed by atoms with van der Waals surface area (Å²) in [6, 6.07) is 19.3. The number of thiazole rings is 1. The zero-order chi connectivity index (χ0) is 18.8. The van der Waals surface area contributed by atoms with E-state index in [1.165, 1.54) is 11.3 Å². The molecule has 4 rings (SSSR count). The molecule has 0 bridgehead atoms. The zero-order valence-corrected chi connectivity index (χ0v) is 15.6. The predicted octanol–water partition coefficient (Wildman–Crippen LogP) is 4.57. The first-order chi connectivity index (χ1) is 13.2. The average molecular weight is 374 g/mol. The molecule has 2 aromatic carbocycles. The van der Waals surface area contributed by atoms with Crippen LogP contribution < -0.4 is 5.56 Å². The SMILES string of the molecule is Cc1c(O)c(Cc2ccccc2)c(=O)n(-c2nccs2)c1-c1ccccc1. The highest BCUT2D eigenvalue weighted by Gasteiger charge is 2.22. The molecule has 0 amide bonds. The number of aromatic hydroxyl groups is 1. The van der Waals surface area contributed by atoms with E-state index in [9.17, 15) is 9.90 Å². The third-order valence-corrected chi connectivity index (χ3v) is 5.32. The van der Waals surface area contributed by atoms with Crippen molar-refractivity contribution in [1.29, 1.82) is 0 Å². The summed E-state index contributed by atoms with van der Waals surface area (Å²) >= 11 is 1.40. The van der Waals surface area contributed by atoms with E-state index in [-0.39, 0.29) is 11.3 Å². The summed E-state index contributed by atoms with van der Waals surface area (Å²) in [7, 11) is 0. The van der Waals surface area contributed by atoms with Crippen molar-refractivity contribution < 1.29 is 5.11 Å². The molecule has 5 heteroatoms. The molecule has 0 aliphatic heterocycles. The first-order valence-corrected chi connectivity index (χ1v) is 9.51. The number of pyridine rings is 1. The minimum absolute atomic E-state index is 0.0514. The molecular formula is C22H18N2O2S. The maximum atomic E-state index is 13.4. The molecular weight excluding hydrogens is 356 g/mol. The molecule has 2 aromatic heterocycles. The van der Waals surface area contributed by atoms with Crippen LogP contribution in [0.1, 0.15) is 16.7 Å². The van der Waals surface area contributed by atoms with Crippen molar-refractivity contribution in [2.45, 2.75) is 13.3 Å². The normalized spacial score (nSPS) is 10.9. The van der Waals surface area contributed by atoms with Gasteiger partial charge in [0.05, 0.1) is 11.3 Å². The monoisotopic (exact) mass is 374 g/mol. The molecule has 0 spiro atoms. The van der Waals surface area contributed by atoms with E-state index in [2.05, 4.69) is 4.98 Å². The molecule has 0 aliphatic rings. The predicted molar refractivity (Wildman–Crippen MR) is 109 cm³/mol. The van der Waals surface area contributed by atoms with Crippen LogP contribution >= 0.6 is 11.3 Å². The van der Waals surface area contributed by atoms with Gasteiger partial charge in [0.25, 0.3) is 5.56 Å². The molecule has 0 aliphatic carbocycles. The van der Waals surface area contributed by atoms with Gasteiger partial charge in [-0.2, -0.15) is 0 Å². The smallest absolute Gasteiger partial charge is 0.264 e. The first-order valence-electron chi connectivity index (χ1n) is 8.63. The highest BCUT2D eigenvalue weighted by molar-refractivity contribution is 7.12. The van der Waals surface area contributed by atoms with Crippen molar-refractivity contribution in [3.05, 3.63) is 99.3 Å². The maximum absolute atomic E-state index is 13.4. The zero-order valence-electron chi connectivity index (χ0n) is 14.8. The minimum Gasteiger partial charge on any atom is -0.507 e. The van der Waals surface area contributed by atoms with Crippen LogP contribution in [0.3, 0.4) is 0 Å². The number of hydrogen-bond donors (Lipinski definition) is 1. The minimum atomic E-state index is -0.240. The lowest BCUT2D eigenvalue weighted by molar-refractivity contribution is 0.462. The van der Waals surface area contributed by atoms with Crippen molar-refractivity contribution >= 4 is 11.3 Å². The van der Waals surface area contributed by atoms with Gasteiger partial charge in [0.1, 0.15) is 5.75 Å². The van der Waals surface area contributed by atoms with Crippen molar-refractivity contribution in [3.8, 4) is 22.1 Å². The molecule has 27 heavy (non-hydrogen) atoms. The lowest BCUT2D eigenvalue weighted by atomic mass is 9.99. The van der Waals surface area contributed by atoms with Gasteiger partial charge in [0.15, 0.2) is 5.13 Å². The Kier molecular flexibility index (Phi) is 4.60. The molecule has 0 saturated heterocycles. The van der Waals surface area contributed by atoms with Gasteiger partial charge in [0.2, 0.25) is 0 Å². The van der Waals surface area contributed by atoms with Crippen molar-refractivity contribution in [3.63, 3.8) is 0 Å². The Balaban J connectivity index is 2.00. The molecule has 2 heterocycles. The second kappa shape index (κ2) is 7.21. The standard InChI is InChI=1S/C22H18N2O2S/c1-15-19(17-10-6-3-7-11-17)24(22-23-12-13-27-22)21(26)18(20(15)25)14-16-8-4-2-5-9-16/h2-13,25H,14H2,1H3. The summed E-state index contributed by atoms with van der Waals surface area (Å²) in [6.07, 6.45) is 2.05. The summed E-state index contributed by atoms with van der Waals surface area (Å²) in [5.41, 5.74) is 3.32. The van der Waals surface area contributed by atoms with Crippen molar-refractivity contribution in [2.75, 3.05) is 0 Å². The van der Waals surface area contributed by atoms with E-state index >= 15 is 0 Å². The summed E-state index contributed by atoms with van der Waals surface area (Å²) in [5.74, 6) is 0.0514. The Bertz CT molecular complexity index is 1120. The molecule has 0 atom stereocenters. The van der Waals surface area contributed by atoms with Crippen LogP contribution in [0.5, 0.6) is 5.75 Å². The van der Waals surface area contributed by atoms with Gasteiger partial charge in [-0.1, -0.05) is 60.7 Å². The third kappa shape index (κ3) is 3.17. The van der Waals surface area contributed by atoms with E-state index in [0.717, 1.165) is 11.1 Å². The van der Waals surface area contributed by atoms with Crippen LogP contribution in [-0.2, 0) is 6.42 Å². The fraction of sp³-hybridized carbons (Fsp3) is 0.0909. The largest absolute Gasteiger partial charge is 0.507 e. The van der Waals surface area contributed by atoms with Crippen LogP contribution in [0.25, 0.3) is 16.4 Å². The quantitative estimate of drug-likeness (QED) is 0.569. The number of aromatic nitrogens is 2. The van der Waals surface area contributed by atoms with Crippen LogP contribution in [0, 0.1) is 6.92 Å². The second-order valence-corrected chi connectivity index (χ2v) is 7.16. The second-order valence-electron chi connectivity index (χ2n) is 6.28. The molecule has 4 aromatic rings. The molecule has 0 unspecified atom stereocenters. The van der Waals surface area contributed by atoms with E-state index in [1.54, 1.807) is 10.8 Å². The van der Waals surface area contributed by atoms with Crippen LogP contribution in [0.2, 0.25) is 0 Å². The fourth-order valence-electron chi connectivity index (χ4n) is 3.25. The van der Waals surface area contributed by atoms with Gasteiger partial charge >= 0.3 is 0 Å². The lowest BCUT2D eigenvalue weighted by Crippen LogP contribution is -2.25. The lowest BCUT2D eigenvalue weighted by Gasteiger charge is -2.18. The van der Waals surface area contributed by atoms with E-state index in [0.29, 0.717) is 28.4 Å². The van der Waals surface area contributed by atoms with Gasteiger partial charge in [0, 0.05) is 23.6 Å². The summed E-state index contributed by atoms with van der Waals surface area (Å²) in [4.78, 5) is 17.8. The van der Waals surface area contributed by atoms with E-state index < -0.39 is 0 Å². The highest BCUT2D eigenvalue weighted by atomic mass is 32.1. The van der Waals surface area contributed by atoms with Gasteiger partial charge in [-0.25, -0.2) is 4.98 Å². The number of nitrogens with zero attached hydrogens (tertiary/aromatic N) is 2. The van der Waals surface area contributed by atoms with Crippen LogP contribution in [0.4, 0.5) is 0 Å². The van der Waals surface area contributed by atoms with Gasteiger partial charge in [-0.15, -0.1) is 11.3 Å². The summed E-state index contributed by atoms with van der Waals surface area (Å²) in [5, 5.41) is 13.3. The van der Waals surface area contributed by atoms with Crippen molar-refractivity contribution in [1.82, 2.24) is 9.55 Å². The highest BCUT2D eigenvalue weighted by Crippen LogP contribution is 2.33. The van der Waals surface area contributed by atoms with E-state index in [1.807, 2.05) is 73.0 Å². The third-order valence-electron chi connectivity index (χ3n) is 4.56. The van der Waals surface area contributed by atoms with Crippen LogP contribution in [0.15, 0.2) is 77.0 Å². The Hall–Kier alpha value is -3.18. The molecule has 0 fully saturated rings. The molecule has 134 valence electrons. The van der Waals surface area contributed by atoms with Gasteiger partial charge in [-0.3, -0.25) is 9.36 Å². The van der Waals surface area contributed by atoms with Gasteiger partial charge in [-0.05, 0) is 18.1 Å². The molecule has 0 radical (unpaired) electrons. The Morgan fingerprint density at radius 1 is 1.04 bits per heavy atom. The molecule has 4 nitrogen and oxygen atoms in total. The Morgan fingerprint density at radius 2 is 1.70 bits per heavy atom. The average Bonchev–Trinajstić information content (AvgIpc) is 3.23. The maximum Gasteiger partial charge on any atom is 0.264 e. The Morgan fingerprint density at radius 3 is 2.33 bits per heavy atom. The fourth-order valence-corrected chi connectivity index (χ4v) is 3.90. The van der Waals surface area contributed by atoms with Crippen LogP contribution in [-0.4, -0.2) is 14.7 Å². The van der Waals surface area contributed by atoms with E-state index in [4.69, 9.17) is 0 Å². The summed E-state index contributed by atoms with van der Waals surface area (Å²) in [6.45, 7) is 1.84. The number of rotatable bonds is 4. The topological polar surface area (TPSA) is 55.1 Å².